The topological polar surface area (TPSA) is 674 Å². The van der Waals surface area contributed by atoms with Crippen LogP contribution >= 0.6 is 0 Å². The first kappa shape index (κ1) is 97.7. The van der Waals surface area contributed by atoms with Crippen LogP contribution in [0.25, 0.3) is 0 Å². The number of nitrogens with zero attached hydrogens (tertiary/aromatic N) is 2. The molecule has 0 fully saturated rings. The van der Waals surface area contributed by atoms with Gasteiger partial charge in [-0.1, -0.05) is 112 Å². The number of amides is 14. The number of aliphatic hydroxyl groups is 1. The molecular formula is C71H124N22O17. The van der Waals surface area contributed by atoms with Gasteiger partial charge in [-0.15, -0.1) is 0 Å². The van der Waals surface area contributed by atoms with Crippen LogP contribution in [0.5, 0.6) is 0 Å². The molecule has 0 radical (unpaired) electrons. The van der Waals surface area contributed by atoms with Gasteiger partial charge < -0.3 is 120 Å². The average molecular weight is 1560 g/mol. The molecule has 30 N–H and O–H groups in total. The average Bonchev–Trinajstić information content (AvgIpc) is 0.866. The van der Waals surface area contributed by atoms with Crippen molar-refractivity contribution in [2.45, 2.75) is 244 Å². The van der Waals surface area contributed by atoms with Crippen LogP contribution in [0.4, 0.5) is 0 Å². The molecule has 0 aliphatic heterocycles. The second-order valence-electron chi connectivity index (χ2n) is 28.6. The SMILES string of the molecule is CC[C@@H](C)[C@@H](NC(=O)[C@H](N)CCCN=C(N)N)C(=O)N[C@H](CCCCN)C(=O)N[C@@H](C(=O)NCC(=O)N[C@H](CC(C)C)C(=O)N[C@H](Cc1ccccc1)C(=O)N[C@H](CC(=O)O)C(=O)N[C@H](CCC(N)=O)C(=O)N[C@H](CC(C)C)C(=O)N[C@H](CO)C(=O)N[C@H](CCCN=C(N)N)C(=O)N[C@H](CC(C)C)C(N)=O)[C@H](C)CC. The lowest BCUT2D eigenvalue weighted by molar-refractivity contribution is -0.141. The number of rotatable bonds is 55. The van der Waals surface area contributed by atoms with Crippen LogP contribution in [0.15, 0.2) is 40.3 Å². The molecule has 39 heteroatoms. The zero-order valence-electron chi connectivity index (χ0n) is 65.1. The predicted octanol–water partition coefficient (Wildman–Crippen LogP) is -5.31. The number of nitrogens with two attached hydrogens (primary N) is 8. The Balaban J connectivity index is 3.60. The Morgan fingerprint density at radius 2 is 0.818 bits per heavy atom. The van der Waals surface area contributed by atoms with Crippen LogP contribution in [-0.2, 0) is 78.3 Å². The molecule has 620 valence electrons. The Morgan fingerprint density at radius 1 is 0.427 bits per heavy atom. The number of hydrogen-bond donors (Lipinski definition) is 22. The zero-order chi connectivity index (χ0) is 83.5. The van der Waals surface area contributed by atoms with Crippen LogP contribution in [0.1, 0.15) is 171 Å². The summed E-state index contributed by atoms with van der Waals surface area (Å²) in [6.07, 6.45) is -0.318. The maximum Gasteiger partial charge on any atom is 0.305 e. The summed E-state index contributed by atoms with van der Waals surface area (Å²) in [6.45, 7) is 16.1. The number of carbonyl (C=O) groups excluding carboxylic acids is 14. The van der Waals surface area contributed by atoms with E-state index in [9.17, 15) is 82.1 Å². The molecule has 0 saturated carbocycles. The molecule has 0 saturated heterocycles. The quantitative estimate of drug-likeness (QED) is 0.0165. The maximum atomic E-state index is 14.6. The molecule has 0 aliphatic carbocycles. The number of benzene rings is 1. The molecule has 0 unspecified atom stereocenters. The lowest BCUT2D eigenvalue weighted by atomic mass is 9.96. The zero-order valence-corrected chi connectivity index (χ0v) is 65.1. The summed E-state index contributed by atoms with van der Waals surface area (Å²) < 4.78 is 0. The van der Waals surface area contributed by atoms with E-state index < -0.39 is 205 Å². The lowest BCUT2D eigenvalue weighted by Gasteiger charge is -2.29. The van der Waals surface area contributed by atoms with E-state index in [1.54, 1.807) is 92.6 Å². The second kappa shape index (κ2) is 51.9. The molecule has 1 aromatic carbocycles. The van der Waals surface area contributed by atoms with Gasteiger partial charge in [0.15, 0.2) is 11.9 Å². The van der Waals surface area contributed by atoms with E-state index in [2.05, 4.69) is 73.8 Å². The van der Waals surface area contributed by atoms with Gasteiger partial charge in [0, 0.05) is 25.9 Å². The number of unbranched alkanes of at least 4 members (excludes halogenated alkanes) is 1. The van der Waals surface area contributed by atoms with Gasteiger partial charge in [-0.2, -0.15) is 0 Å². The summed E-state index contributed by atoms with van der Waals surface area (Å²) in [4.78, 5) is 214. The number of hydrogen-bond acceptors (Lipinski definition) is 20. The highest BCUT2D eigenvalue weighted by Gasteiger charge is 2.38. The van der Waals surface area contributed by atoms with Crippen LogP contribution in [-0.4, -0.2) is 216 Å². The predicted molar refractivity (Wildman–Crippen MR) is 409 cm³/mol. The van der Waals surface area contributed by atoms with Crippen molar-refractivity contribution in [3.05, 3.63) is 35.9 Å². The smallest absolute Gasteiger partial charge is 0.305 e. The Labute approximate surface area is 642 Å². The summed E-state index contributed by atoms with van der Waals surface area (Å²) in [6, 6.07) is -9.26. The third-order valence-corrected chi connectivity index (χ3v) is 17.6. The minimum Gasteiger partial charge on any atom is -0.481 e. The fourth-order valence-electron chi connectivity index (χ4n) is 11.1. The van der Waals surface area contributed by atoms with Crippen LogP contribution in [0.3, 0.4) is 0 Å². The number of aliphatic carboxylic acids is 1. The summed E-state index contributed by atoms with van der Waals surface area (Å²) in [7, 11) is 0. The van der Waals surface area contributed by atoms with Crippen molar-refractivity contribution in [3.8, 4) is 0 Å². The fourth-order valence-corrected chi connectivity index (χ4v) is 11.1. The van der Waals surface area contributed by atoms with E-state index in [4.69, 9.17) is 45.9 Å². The molecule has 0 spiro atoms. The highest BCUT2D eigenvalue weighted by molar-refractivity contribution is 6.00. The standard InChI is InChI=1S/C71H124N22O17/c1-11-40(9)56(93-62(103)44(23-16-17-27-72)86-69(110)57(41(10)12-2)92-59(100)43(73)22-18-28-80-70(76)77)68(109)82-35-54(96)83-48(31-38(5)6)63(104)89-50(33-42-20-14-13-15-21-42)65(106)90-51(34-55(97)98)66(107)85-46(25-26-53(74)95)61(102)88-49(32-39(7)8)64(105)91-52(36-94)67(108)84-45(24-19-29-81-71(78)79)60(101)87-47(58(75)99)30-37(3)4/h13-15,20-21,37-41,43-52,56-57,94H,11-12,16-19,22-36,72-73H2,1-10H3,(H2,74,95)(H2,75,99)(H,82,109)(H,83,96)(H,84,108)(H,85,107)(H,86,110)(H,87,101)(H,88,102)(H,89,104)(H,90,106)(H,91,105)(H,92,100)(H,93,103)(H,97,98)(H4,76,77,80)(H4,78,79,81)/t40-,41-,43-,44-,45-,46-,47-,48-,49-,50-,51-,52-,56-,57-/m1/s1. The highest BCUT2D eigenvalue weighted by atomic mass is 16.4. The molecule has 14 amide bonds. The monoisotopic (exact) mass is 1560 g/mol. The Kier molecular flexibility index (Phi) is 46.1. The van der Waals surface area contributed by atoms with E-state index in [-0.39, 0.29) is 101 Å². The normalized spacial score (nSPS) is 15.0. The number of carboxylic acids is 1. The largest absolute Gasteiger partial charge is 0.481 e. The number of carboxylic acid groups (broad SMARTS) is 1. The van der Waals surface area contributed by atoms with E-state index in [1.165, 1.54) is 0 Å². The number of aliphatic imine (C=N–C) groups is 2. The summed E-state index contributed by atoms with van der Waals surface area (Å²) in [5.41, 5.74) is 45.1. The molecule has 0 heterocycles. The van der Waals surface area contributed by atoms with Gasteiger partial charge in [0.05, 0.1) is 25.6 Å². The molecule has 1 rings (SSSR count). The van der Waals surface area contributed by atoms with Crippen molar-refractivity contribution >= 4 is 101 Å². The van der Waals surface area contributed by atoms with Crippen LogP contribution in [0.2, 0.25) is 0 Å². The van der Waals surface area contributed by atoms with Crippen molar-refractivity contribution in [1.29, 1.82) is 0 Å². The number of guanidine groups is 2. The minimum atomic E-state index is -2.03. The van der Waals surface area contributed by atoms with Gasteiger partial charge in [-0.05, 0) is 112 Å². The molecule has 0 aliphatic rings. The molecule has 0 aromatic heterocycles. The fraction of sp³-hybridized carbons (Fsp3) is 0.676. The number of nitrogens with one attached hydrogen (secondary N) is 12. The van der Waals surface area contributed by atoms with E-state index in [1.807, 2.05) is 6.92 Å². The first-order valence-electron chi connectivity index (χ1n) is 37.3. The maximum absolute atomic E-state index is 14.6. The first-order valence-corrected chi connectivity index (χ1v) is 37.3. The van der Waals surface area contributed by atoms with E-state index in [0.29, 0.717) is 37.7 Å². The van der Waals surface area contributed by atoms with Gasteiger partial charge in [-0.3, -0.25) is 81.9 Å². The van der Waals surface area contributed by atoms with Gasteiger partial charge in [0.25, 0.3) is 0 Å². The minimum absolute atomic E-state index is 0.0173. The van der Waals surface area contributed by atoms with E-state index in [0.717, 1.165) is 0 Å². The third-order valence-electron chi connectivity index (χ3n) is 17.6. The van der Waals surface area contributed by atoms with Crippen molar-refractivity contribution < 1.29 is 82.1 Å². The van der Waals surface area contributed by atoms with Crippen molar-refractivity contribution in [1.82, 2.24) is 63.8 Å². The summed E-state index contributed by atoms with van der Waals surface area (Å²) >= 11 is 0. The van der Waals surface area contributed by atoms with Crippen LogP contribution < -0.4 is 110 Å². The molecular weight excluding hydrogens is 1430 g/mol. The highest BCUT2D eigenvalue weighted by Crippen LogP contribution is 2.16. The van der Waals surface area contributed by atoms with Crippen molar-refractivity contribution in [2.24, 2.45) is 85.4 Å². The molecule has 1 aromatic rings. The van der Waals surface area contributed by atoms with Gasteiger partial charge in [0.1, 0.15) is 66.5 Å². The third kappa shape index (κ3) is 39.2. The number of carbonyl (C=O) groups is 15. The van der Waals surface area contributed by atoms with E-state index >= 15 is 0 Å². The van der Waals surface area contributed by atoms with Crippen molar-refractivity contribution in [3.63, 3.8) is 0 Å². The molecule has 39 nitrogen and oxygen atoms in total. The Morgan fingerprint density at radius 3 is 1.30 bits per heavy atom. The van der Waals surface area contributed by atoms with Gasteiger partial charge in [0.2, 0.25) is 82.7 Å². The van der Waals surface area contributed by atoms with Crippen LogP contribution in [0, 0.1) is 29.6 Å². The van der Waals surface area contributed by atoms with Crippen molar-refractivity contribution in [2.75, 3.05) is 32.8 Å². The first-order chi connectivity index (χ1) is 51.7. The molecule has 0 bridgehead atoms. The Bertz CT molecular complexity index is 3240. The number of aliphatic hydroxyl groups excluding tert-OH is 1. The lowest BCUT2D eigenvalue weighted by Crippen LogP contribution is -2.61. The summed E-state index contributed by atoms with van der Waals surface area (Å²) in [5, 5.41) is 50.9. The molecule has 14 atom stereocenters. The second-order valence-corrected chi connectivity index (χ2v) is 28.6. The van der Waals surface area contributed by atoms with Gasteiger partial charge >= 0.3 is 5.97 Å². The molecule has 110 heavy (non-hydrogen) atoms. The Hall–Kier alpha value is -10.3. The summed E-state index contributed by atoms with van der Waals surface area (Å²) in [5.74, 6) is -16.8. The van der Waals surface area contributed by atoms with Gasteiger partial charge in [-0.25, -0.2) is 0 Å². The number of primary amides is 2.